The summed E-state index contributed by atoms with van der Waals surface area (Å²) in [7, 11) is 0. The van der Waals surface area contributed by atoms with E-state index in [1.165, 1.54) is 11.1 Å². The van der Waals surface area contributed by atoms with Crippen LogP contribution in [-0.2, 0) is 6.42 Å². The fourth-order valence-corrected chi connectivity index (χ4v) is 3.05. The maximum Gasteiger partial charge on any atom is 0.119 e. The van der Waals surface area contributed by atoms with Gasteiger partial charge in [-0.25, -0.2) is 0 Å². The zero-order valence-corrected chi connectivity index (χ0v) is 20.2. The molecule has 7 nitrogen and oxygen atoms in total. The van der Waals surface area contributed by atoms with E-state index in [4.69, 9.17) is 15.2 Å². The Morgan fingerprint density at radius 3 is 1.58 bits per heavy atom. The molecule has 7 heteroatoms. The minimum absolute atomic E-state index is 0.169. The van der Waals surface area contributed by atoms with Crippen molar-refractivity contribution in [1.82, 2.24) is 10.6 Å². The quantitative estimate of drug-likeness (QED) is 0.261. The molecule has 0 aliphatic carbocycles. The average molecular weight is 460 g/mol. The van der Waals surface area contributed by atoms with Crippen molar-refractivity contribution in [1.29, 1.82) is 0 Å². The smallest absolute Gasteiger partial charge is 0.119 e. The summed E-state index contributed by atoms with van der Waals surface area (Å²) in [6.45, 7) is 8.19. The van der Waals surface area contributed by atoms with Gasteiger partial charge in [0.2, 0.25) is 0 Å². The van der Waals surface area contributed by atoms with Gasteiger partial charge in [-0.05, 0) is 62.1 Å². The first-order valence-electron chi connectivity index (χ1n) is 11.9. The van der Waals surface area contributed by atoms with Crippen LogP contribution < -0.4 is 25.8 Å². The number of nitrogens with two attached hydrogens (primary N) is 1. The van der Waals surface area contributed by atoms with Crippen LogP contribution in [0.15, 0.2) is 48.5 Å². The van der Waals surface area contributed by atoms with Crippen molar-refractivity contribution in [3.63, 3.8) is 0 Å². The van der Waals surface area contributed by atoms with Crippen LogP contribution in [-0.4, -0.2) is 67.4 Å². The summed E-state index contributed by atoms with van der Waals surface area (Å²) in [5, 5.41) is 26.5. The molecule has 2 rings (SSSR count). The number of aliphatic hydroxyl groups is 2. The molecule has 0 heterocycles. The number of hydrogen-bond donors (Lipinski definition) is 5. The monoisotopic (exact) mass is 459 g/mol. The van der Waals surface area contributed by atoms with Crippen LogP contribution in [0.3, 0.4) is 0 Å². The van der Waals surface area contributed by atoms with E-state index in [0.29, 0.717) is 25.7 Å². The van der Waals surface area contributed by atoms with Crippen molar-refractivity contribution in [3.05, 3.63) is 59.7 Å². The zero-order valence-electron chi connectivity index (χ0n) is 20.2. The Hall–Kier alpha value is -2.16. The van der Waals surface area contributed by atoms with Crippen LogP contribution in [0.5, 0.6) is 11.5 Å². The summed E-state index contributed by atoms with van der Waals surface area (Å²) >= 11 is 0. The summed E-state index contributed by atoms with van der Waals surface area (Å²) < 4.78 is 11.4. The average Bonchev–Trinajstić information content (AvgIpc) is 2.84. The highest BCUT2D eigenvalue weighted by atomic mass is 16.5. The molecular weight excluding hydrogens is 418 g/mol. The van der Waals surface area contributed by atoms with Crippen molar-refractivity contribution >= 4 is 0 Å². The predicted molar refractivity (Wildman–Crippen MR) is 133 cm³/mol. The molecule has 4 unspecified atom stereocenters. The van der Waals surface area contributed by atoms with Gasteiger partial charge in [-0.1, -0.05) is 31.2 Å². The van der Waals surface area contributed by atoms with Crippen molar-refractivity contribution in [3.8, 4) is 11.5 Å². The molecule has 0 saturated carbocycles. The van der Waals surface area contributed by atoms with Crippen LogP contribution in [0.2, 0.25) is 0 Å². The third-order valence-electron chi connectivity index (χ3n) is 5.51. The fourth-order valence-electron chi connectivity index (χ4n) is 3.05. The third kappa shape index (κ3) is 11.0. The van der Waals surface area contributed by atoms with E-state index < -0.39 is 12.2 Å². The lowest BCUT2D eigenvalue weighted by Crippen LogP contribution is -2.40. The maximum absolute atomic E-state index is 10.0. The first kappa shape index (κ1) is 27.1. The van der Waals surface area contributed by atoms with Gasteiger partial charge in [0.25, 0.3) is 0 Å². The molecule has 0 spiro atoms. The number of benzene rings is 2. The summed E-state index contributed by atoms with van der Waals surface area (Å²) in [5.41, 5.74) is 7.89. The van der Waals surface area contributed by atoms with Crippen LogP contribution in [0, 0.1) is 0 Å². The molecule has 6 N–H and O–H groups in total. The van der Waals surface area contributed by atoms with Crippen LogP contribution in [0.4, 0.5) is 0 Å². The van der Waals surface area contributed by atoms with Crippen molar-refractivity contribution in [2.45, 2.75) is 57.9 Å². The first-order chi connectivity index (χ1) is 15.9. The van der Waals surface area contributed by atoms with Gasteiger partial charge in [0, 0.05) is 31.7 Å². The standard InChI is InChI=1S/C26H41N3O4/c1-4-19(2)28-15-23(30)17-32-25-9-5-21(6-10-25)13-22-7-11-26(12-8-22)33-18-24(31)16-29-20(3)14-27/h5-12,19-20,23-24,28-31H,4,13-18,27H2,1-3H3. The number of aliphatic hydroxyl groups excluding tert-OH is 2. The summed E-state index contributed by atoms with van der Waals surface area (Å²) in [6, 6.07) is 16.4. The van der Waals surface area contributed by atoms with Crippen LogP contribution in [0.25, 0.3) is 0 Å². The molecule has 0 aliphatic heterocycles. The van der Waals surface area contributed by atoms with E-state index in [0.717, 1.165) is 24.3 Å². The van der Waals surface area contributed by atoms with Crippen molar-refractivity contribution < 1.29 is 19.7 Å². The van der Waals surface area contributed by atoms with Gasteiger partial charge >= 0.3 is 0 Å². The molecule has 0 fully saturated rings. The molecule has 0 aliphatic rings. The van der Waals surface area contributed by atoms with Crippen molar-refractivity contribution in [2.75, 3.05) is 32.8 Å². The molecule has 0 saturated heterocycles. The third-order valence-corrected chi connectivity index (χ3v) is 5.51. The van der Waals surface area contributed by atoms with Gasteiger partial charge < -0.3 is 36.1 Å². The highest BCUT2D eigenvalue weighted by Gasteiger charge is 2.09. The first-order valence-corrected chi connectivity index (χ1v) is 11.9. The SMILES string of the molecule is CCC(C)NCC(O)COc1ccc(Cc2ccc(OCC(O)CNC(C)CN)cc2)cc1. The van der Waals surface area contributed by atoms with Gasteiger partial charge in [-0.3, -0.25) is 0 Å². The Balaban J connectivity index is 1.72. The van der Waals surface area contributed by atoms with Gasteiger partial charge in [0.05, 0.1) is 0 Å². The van der Waals surface area contributed by atoms with Crippen molar-refractivity contribution in [2.24, 2.45) is 5.73 Å². The number of hydrogen-bond acceptors (Lipinski definition) is 7. The highest BCUT2D eigenvalue weighted by molar-refractivity contribution is 5.34. The molecule has 0 amide bonds. The summed E-state index contributed by atoms with van der Waals surface area (Å²) in [5.74, 6) is 1.48. The Morgan fingerprint density at radius 1 is 0.758 bits per heavy atom. The summed E-state index contributed by atoms with van der Waals surface area (Å²) in [6.07, 6.45) is 0.703. The Bertz CT molecular complexity index is 705. The summed E-state index contributed by atoms with van der Waals surface area (Å²) in [4.78, 5) is 0. The molecule has 2 aromatic rings. The number of rotatable bonds is 16. The number of ether oxygens (including phenoxy) is 2. The topological polar surface area (TPSA) is 109 Å². The van der Waals surface area contributed by atoms with Gasteiger partial charge in [0.1, 0.15) is 36.9 Å². The van der Waals surface area contributed by atoms with Crippen LogP contribution in [0.1, 0.15) is 38.3 Å². The Morgan fingerprint density at radius 2 is 1.18 bits per heavy atom. The largest absolute Gasteiger partial charge is 0.491 e. The number of nitrogens with one attached hydrogen (secondary N) is 2. The Labute approximate surface area is 198 Å². The molecule has 184 valence electrons. The van der Waals surface area contributed by atoms with Crippen LogP contribution >= 0.6 is 0 Å². The minimum atomic E-state index is -0.586. The zero-order chi connectivity index (χ0) is 24.1. The fraction of sp³-hybridized carbons (Fsp3) is 0.538. The molecule has 0 aromatic heterocycles. The maximum atomic E-state index is 10.0. The van der Waals surface area contributed by atoms with Gasteiger partial charge in [-0.2, -0.15) is 0 Å². The highest BCUT2D eigenvalue weighted by Crippen LogP contribution is 2.18. The predicted octanol–water partition coefficient (Wildman–Crippen LogP) is 2.08. The van der Waals surface area contributed by atoms with E-state index in [-0.39, 0.29) is 19.3 Å². The molecule has 33 heavy (non-hydrogen) atoms. The molecule has 4 atom stereocenters. The molecular formula is C26H41N3O4. The molecule has 0 bridgehead atoms. The van der Waals surface area contributed by atoms with E-state index >= 15 is 0 Å². The molecule has 2 aromatic carbocycles. The lowest BCUT2D eigenvalue weighted by molar-refractivity contribution is 0.104. The van der Waals surface area contributed by atoms with E-state index in [1.54, 1.807) is 0 Å². The van der Waals surface area contributed by atoms with Gasteiger partial charge in [0.15, 0.2) is 0 Å². The normalized spacial score (nSPS) is 15.0. The van der Waals surface area contributed by atoms with E-state index in [9.17, 15) is 10.2 Å². The van der Waals surface area contributed by atoms with E-state index in [1.807, 2.05) is 55.5 Å². The van der Waals surface area contributed by atoms with Gasteiger partial charge in [-0.15, -0.1) is 0 Å². The lowest BCUT2D eigenvalue weighted by atomic mass is 10.0. The lowest BCUT2D eigenvalue weighted by Gasteiger charge is -2.16. The second-order valence-corrected chi connectivity index (χ2v) is 8.66. The second kappa shape index (κ2) is 14.9. The minimum Gasteiger partial charge on any atom is -0.491 e. The molecule has 0 radical (unpaired) electrons. The second-order valence-electron chi connectivity index (χ2n) is 8.66. The van der Waals surface area contributed by atoms with E-state index in [2.05, 4.69) is 24.5 Å². The Kier molecular flexibility index (Phi) is 12.2.